The maximum Gasteiger partial charge on any atom is 0.241 e. The van der Waals surface area contributed by atoms with Gasteiger partial charge in [-0.2, -0.15) is 0 Å². The number of rotatable bonds is 2. The number of hydrogen-bond acceptors (Lipinski definition) is 3. The van der Waals surface area contributed by atoms with Gasteiger partial charge in [0.2, 0.25) is 5.91 Å². The van der Waals surface area contributed by atoms with E-state index in [-0.39, 0.29) is 30.1 Å². The first-order valence-corrected chi connectivity index (χ1v) is 5.59. The molecule has 1 fully saturated rings. The predicted molar refractivity (Wildman–Crippen MR) is 69.6 cm³/mol. The summed E-state index contributed by atoms with van der Waals surface area (Å²) in [5.74, 6) is 0.0351. The molecule has 1 amide bonds. The molecular formula is C12H17ClN2O2. The molecule has 0 spiro atoms. The molecule has 4 nitrogen and oxygen atoms in total. The van der Waals surface area contributed by atoms with Gasteiger partial charge in [0, 0.05) is 0 Å². The first-order chi connectivity index (χ1) is 7.77. The number of piperidine rings is 1. The van der Waals surface area contributed by atoms with Crippen molar-refractivity contribution in [3.8, 4) is 5.75 Å². The van der Waals surface area contributed by atoms with Crippen LogP contribution in [0.15, 0.2) is 24.3 Å². The van der Waals surface area contributed by atoms with E-state index in [2.05, 4.69) is 10.6 Å². The van der Waals surface area contributed by atoms with Gasteiger partial charge < -0.3 is 15.7 Å². The largest absolute Gasteiger partial charge is 0.506 e. The Kier molecular flexibility index (Phi) is 5.25. The number of aromatic hydroxyl groups is 1. The molecule has 1 saturated heterocycles. The highest BCUT2D eigenvalue weighted by molar-refractivity contribution is 5.96. The molecule has 1 aromatic rings. The summed E-state index contributed by atoms with van der Waals surface area (Å²) in [6.45, 7) is 0.888. The normalized spacial score (nSPS) is 19.2. The fourth-order valence-electron chi connectivity index (χ4n) is 1.87. The maximum atomic E-state index is 11.8. The highest BCUT2D eigenvalue weighted by atomic mass is 35.5. The third-order valence-electron chi connectivity index (χ3n) is 2.79. The molecule has 2 rings (SSSR count). The van der Waals surface area contributed by atoms with Crippen molar-refractivity contribution in [1.82, 2.24) is 5.32 Å². The van der Waals surface area contributed by atoms with Gasteiger partial charge in [-0.25, -0.2) is 0 Å². The number of benzene rings is 1. The number of nitrogens with one attached hydrogen (secondary N) is 2. The lowest BCUT2D eigenvalue weighted by Gasteiger charge is -2.22. The van der Waals surface area contributed by atoms with Crippen molar-refractivity contribution in [1.29, 1.82) is 0 Å². The van der Waals surface area contributed by atoms with Crippen molar-refractivity contribution in [2.45, 2.75) is 25.3 Å². The summed E-state index contributed by atoms with van der Waals surface area (Å²) >= 11 is 0. The van der Waals surface area contributed by atoms with E-state index in [1.54, 1.807) is 24.3 Å². The van der Waals surface area contributed by atoms with E-state index in [4.69, 9.17) is 0 Å². The predicted octanol–water partition coefficient (Wildman–Crippen LogP) is 1.89. The lowest BCUT2D eigenvalue weighted by atomic mass is 10.0. The van der Waals surface area contributed by atoms with Gasteiger partial charge >= 0.3 is 0 Å². The second-order valence-corrected chi connectivity index (χ2v) is 4.01. The van der Waals surface area contributed by atoms with E-state index < -0.39 is 0 Å². The van der Waals surface area contributed by atoms with Crippen molar-refractivity contribution in [3.05, 3.63) is 24.3 Å². The van der Waals surface area contributed by atoms with Crippen LogP contribution < -0.4 is 10.6 Å². The Morgan fingerprint density at radius 3 is 2.76 bits per heavy atom. The van der Waals surface area contributed by atoms with Gasteiger partial charge in [0.25, 0.3) is 0 Å². The van der Waals surface area contributed by atoms with Crippen LogP contribution in [0.25, 0.3) is 0 Å². The molecule has 0 saturated carbocycles. The molecule has 0 aliphatic carbocycles. The minimum absolute atomic E-state index is 0. The quantitative estimate of drug-likeness (QED) is 0.709. The monoisotopic (exact) mass is 256 g/mol. The van der Waals surface area contributed by atoms with Gasteiger partial charge in [-0.3, -0.25) is 4.79 Å². The van der Waals surface area contributed by atoms with E-state index >= 15 is 0 Å². The van der Waals surface area contributed by atoms with Crippen molar-refractivity contribution < 1.29 is 9.90 Å². The Bertz CT molecular complexity index is 379. The fourth-order valence-corrected chi connectivity index (χ4v) is 1.87. The van der Waals surface area contributed by atoms with Gasteiger partial charge in [-0.1, -0.05) is 18.6 Å². The second-order valence-electron chi connectivity index (χ2n) is 4.01. The smallest absolute Gasteiger partial charge is 0.241 e. The molecule has 1 aromatic carbocycles. The molecule has 1 aliphatic rings. The zero-order chi connectivity index (χ0) is 11.4. The van der Waals surface area contributed by atoms with Crippen LogP contribution in [0.4, 0.5) is 5.69 Å². The third-order valence-corrected chi connectivity index (χ3v) is 2.79. The maximum absolute atomic E-state index is 11.8. The summed E-state index contributed by atoms with van der Waals surface area (Å²) in [6.07, 6.45) is 3.06. The zero-order valence-corrected chi connectivity index (χ0v) is 10.3. The topological polar surface area (TPSA) is 61.4 Å². The third kappa shape index (κ3) is 3.61. The molecule has 1 unspecified atom stereocenters. The fraction of sp³-hybridized carbons (Fsp3) is 0.417. The summed E-state index contributed by atoms with van der Waals surface area (Å²) in [7, 11) is 0. The van der Waals surface area contributed by atoms with Crippen LogP contribution in [0.3, 0.4) is 0 Å². The molecule has 5 heteroatoms. The van der Waals surface area contributed by atoms with Crippen LogP contribution in [0, 0.1) is 0 Å². The number of anilines is 1. The first kappa shape index (κ1) is 13.8. The minimum Gasteiger partial charge on any atom is -0.506 e. The number of amides is 1. The van der Waals surface area contributed by atoms with E-state index in [1.807, 2.05) is 0 Å². The number of para-hydroxylation sites is 2. The van der Waals surface area contributed by atoms with Crippen molar-refractivity contribution in [2.24, 2.45) is 0 Å². The highest BCUT2D eigenvalue weighted by Crippen LogP contribution is 2.22. The lowest BCUT2D eigenvalue weighted by molar-refractivity contribution is -0.118. The molecule has 94 valence electrons. The molecule has 3 N–H and O–H groups in total. The molecule has 1 atom stereocenters. The van der Waals surface area contributed by atoms with Gasteiger partial charge in [0.05, 0.1) is 11.7 Å². The molecule has 0 aromatic heterocycles. The highest BCUT2D eigenvalue weighted by Gasteiger charge is 2.20. The average Bonchev–Trinajstić information content (AvgIpc) is 2.33. The molecule has 17 heavy (non-hydrogen) atoms. The van der Waals surface area contributed by atoms with Crippen molar-refractivity contribution in [3.63, 3.8) is 0 Å². The van der Waals surface area contributed by atoms with E-state index in [0.29, 0.717) is 5.69 Å². The van der Waals surface area contributed by atoms with Gasteiger partial charge in [0.15, 0.2) is 0 Å². The summed E-state index contributed by atoms with van der Waals surface area (Å²) in [4.78, 5) is 11.8. The number of phenolic OH excluding ortho intramolecular Hbond substituents is 1. The average molecular weight is 257 g/mol. The van der Waals surface area contributed by atoms with Crippen molar-refractivity contribution in [2.75, 3.05) is 11.9 Å². The van der Waals surface area contributed by atoms with Crippen LogP contribution in [-0.4, -0.2) is 23.6 Å². The Morgan fingerprint density at radius 2 is 2.12 bits per heavy atom. The molecular weight excluding hydrogens is 240 g/mol. The first-order valence-electron chi connectivity index (χ1n) is 5.59. The number of carbonyl (C=O) groups excluding carboxylic acids is 1. The second kappa shape index (κ2) is 6.47. The van der Waals surface area contributed by atoms with Crippen LogP contribution in [-0.2, 0) is 4.79 Å². The Hall–Kier alpha value is -1.26. The molecule has 0 radical (unpaired) electrons. The SMILES string of the molecule is Cl.O=C(Nc1ccccc1O)C1CCCCN1. The summed E-state index contributed by atoms with van der Waals surface area (Å²) in [5.41, 5.74) is 0.472. The Labute approximate surface area is 107 Å². The lowest BCUT2D eigenvalue weighted by Crippen LogP contribution is -2.43. The van der Waals surface area contributed by atoms with E-state index in [9.17, 15) is 9.90 Å². The van der Waals surface area contributed by atoms with Gasteiger partial charge in [-0.05, 0) is 31.5 Å². The standard InChI is InChI=1S/C12H16N2O2.ClH/c15-11-7-2-1-5-9(11)14-12(16)10-6-3-4-8-13-10;/h1-2,5,7,10,13,15H,3-4,6,8H2,(H,14,16);1H. The number of phenols is 1. The van der Waals surface area contributed by atoms with Crippen LogP contribution >= 0.6 is 12.4 Å². The molecule has 0 bridgehead atoms. The summed E-state index contributed by atoms with van der Waals surface area (Å²) in [5, 5.41) is 15.4. The zero-order valence-electron chi connectivity index (χ0n) is 9.48. The van der Waals surface area contributed by atoms with Crippen LogP contribution in [0.1, 0.15) is 19.3 Å². The van der Waals surface area contributed by atoms with Gasteiger partial charge in [-0.15, -0.1) is 12.4 Å². The van der Waals surface area contributed by atoms with E-state index in [0.717, 1.165) is 25.8 Å². The number of carbonyl (C=O) groups is 1. The minimum atomic E-state index is -0.131. The Morgan fingerprint density at radius 1 is 1.35 bits per heavy atom. The summed E-state index contributed by atoms with van der Waals surface area (Å²) in [6, 6.07) is 6.63. The molecule has 1 heterocycles. The number of halogens is 1. The Balaban J connectivity index is 0.00000144. The van der Waals surface area contributed by atoms with Crippen LogP contribution in [0.5, 0.6) is 5.75 Å². The van der Waals surface area contributed by atoms with Gasteiger partial charge in [0.1, 0.15) is 5.75 Å². The van der Waals surface area contributed by atoms with Crippen molar-refractivity contribution >= 4 is 24.0 Å². The summed E-state index contributed by atoms with van der Waals surface area (Å²) < 4.78 is 0. The van der Waals surface area contributed by atoms with E-state index in [1.165, 1.54) is 0 Å². The van der Waals surface area contributed by atoms with Crippen LogP contribution in [0.2, 0.25) is 0 Å². The number of hydrogen-bond donors (Lipinski definition) is 3. The molecule has 1 aliphatic heterocycles.